The van der Waals surface area contributed by atoms with E-state index in [-0.39, 0.29) is 0 Å². The van der Waals surface area contributed by atoms with Crippen molar-refractivity contribution in [2.45, 2.75) is 13.5 Å². The molecule has 0 atom stereocenters. The van der Waals surface area contributed by atoms with Gasteiger partial charge in [-0.15, -0.1) is 0 Å². The lowest BCUT2D eigenvalue weighted by molar-refractivity contribution is 0.230. The van der Waals surface area contributed by atoms with Crippen LogP contribution in [-0.4, -0.2) is 31.5 Å². The predicted octanol–water partition coefficient (Wildman–Crippen LogP) is 2.80. The quantitative estimate of drug-likeness (QED) is 0.615. The molecule has 0 saturated carbocycles. The van der Waals surface area contributed by atoms with E-state index in [1.54, 1.807) is 27.3 Å². The van der Waals surface area contributed by atoms with E-state index in [0.29, 0.717) is 12.3 Å². The first kappa shape index (κ1) is 13.6. The van der Waals surface area contributed by atoms with E-state index in [9.17, 15) is 4.79 Å². The van der Waals surface area contributed by atoms with Gasteiger partial charge in [0.05, 0.1) is 20.8 Å². The molecule has 5 heteroatoms. The number of nitrogens with zero attached hydrogens (tertiary/aromatic N) is 1. The van der Waals surface area contributed by atoms with Gasteiger partial charge in [-0.25, -0.2) is 0 Å². The van der Waals surface area contributed by atoms with Gasteiger partial charge >= 0.3 is 5.37 Å². The molecule has 0 saturated heterocycles. The second-order valence-corrected chi connectivity index (χ2v) is 4.06. The van der Waals surface area contributed by atoms with Gasteiger partial charge in [-0.2, -0.15) is 0 Å². The van der Waals surface area contributed by atoms with Crippen LogP contribution in [0.4, 0.5) is 4.79 Å². The SMILES string of the molecule is COc1cc(C)c(CN(C)C(=O)Cl)c(OC)c1. The van der Waals surface area contributed by atoms with Crippen molar-refractivity contribution in [2.75, 3.05) is 21.3 Å². The number of methoxy groups -OCH3 is 2. The molecule has 0 unspecified atom stereocenters. The fourth-order valence-corrected chi connectivity index (χ4v) is 1.61. The Labute approximate surface area is 106 Å². The van der Waals surface area contributed by atoms with Gasteiger partial charge in [0.2, 0.25) is 0 Å². The first-order valence-corrected chi connectivity index (χ1v) is 5.49. The van der Waals surface area contributed by atoms with Crippen molar-refractivity contribution in [2.24, 2.45) is 0 Å². The summed E-state index contributed by atoms with van der Waals surface area (Å²) in [5.41, 5.74) is 1.91. The number of hydrogen-bond donors (Lipinski definition) is 0. The van der Waals surface area contributed by atoms with Gasteiger partial charge < -0.3 is 14.4 Å². The summed E-state index contributed by atoms with van der Waals surface area (Å²) in [4.78, 5) is 12.4. The third kappa shape index (κ3) is 3.27. The highest BCUT2D eigenvalue weighted by Crippen LogP contribution is 2.29. The number of hydrogen-bond acceptors (Lipinski definition) is 3. The van der Waals surface area contributed by atoms with Gasteiger partial charge in [0.25, 0.3) is 0 Å². The maximum atomic E-state index is 11.0. The number of halogens is 1. The third-order valence-corrected chi connectivity index (χ3v) is 2.85. The Kier molecular flexibility index (Phi) is 4.63. The van der Waals surface area contributed by atoms with Crippen LogP contribution in [0.25, 0.3) is 0 Å². The highest BCUT2D eigenvalue weighted by Gasteiger charge is 2.13. The van der Waals surface area contributed by atoms with Crippen molar-refractivity contribution in [1.82, 2.24) is 4.90 Å². The van der Waals surface area contributed by atoms with Crippen LogP contribution in [0.1, 0.15) is 11.1 Å². The number of benzene rings is 1. The highest BCUT2D eigenvalue weighted by atomic mass is 35.5. The monoisotopic (exact) mass is 257 g/mol. The molecule has 0 N–H and O–H groups in total. The Morgan fingerprint density at radius 2 is 2.00 bits per heavy atom. The zero-order valence-electron chi connectivity index (χ0n) is 10.4. The lowest BCUT2D eigenvalue weighted by atomic mass is 10.1. The number of rotatable bonds is 4. The van der Waals surface area contributed by atoms with Gasteiger partial charge in [0.1, 0.15) is 11.5 Å². The van der Waals surface area contributed by atoms with Crippen LogP contribution in [0.5, 0.6) is 11.5 Å². The fourth-order valence-electron chi connectivity index (χ4n) is 1.55. The van der Waals surface area contributed by atoms with Gasteiger partial charge in [0, 0.05) is 18.7 Å². The normalized spacial score (nSPS) is 9.94. The summed E-state index contributed by atoms with van der Waals surface area (Å²) < 4.78 is 10.4. The lowest BCUT2D eigenvalue weighted by Crippen LogP contribution is -2.21. The van der Waals surface area contributed by atoms with Gasteiger partial charge in [-0.3, -0.25) is 4.79 Å². The second-order valence-electron chi connectivity index (χ2n) is 3.73. The number of amides is 1. The Bertz CT molecular complexity index is 420. The van der Waals surface area contributed by atoms with Crippen LogP contribution in [0, 0.1) is 6.92 Å². The molecule has 1 amide bonds. The summed E-state index contributed by atoms with van der Waals surface area (Å²) in [5, 5.41) is -0.498. The topological polar surface area (TPSA) is 38.8 Å². The predicted molar refractivity (Wildman–Crippen MR) is 67.0 cm³/mol. The zero-order chi connectivity index (χ0) is 13.0. The molecule has 0 aliphatic rings. The smallest absolute Gasteiger partial charge is 0.316 e. The molecule has 17 heavy (non-hydrogen) atoms. The summed E-state index contributed by atoms with van der Waals surface area (Å²) in [7, 11) is 4.82. The zero-order valence-corrected chi connectivity index (χ0v) is 11.2. The number of ether oxygens (including phenoxy) is 2. The Morgan fingerprint density at radius 1 is 1.35 bits per heavy atom. The molecule has 1 aromatic carbocycles. The molecular weight excluding hydrogens is 242 g/mol. The molecule has 0 radical (unpaired) electrons. The summed E-state index contributed by atoms with van der Waals surface area (Å²) in [5.74, 6) is 1.41. The van der Waals surface area contributed by atoms with Crippen LogP contribution in [-0.2, 0) is 6.54 Å². The molecule has 1 aromatic rings. The maximum absolute atomic E-state index is 11.0. The Hall–Kier alpha value is -1.42. The minimum Gasteiger partial charge on any atom is -0.497 e. The maximum Gasteiger partial charge on any atom is 0.316 e. The molecule has 0 aliphatic heterocycles. The molecule has 0 heterocycles. The highest BCUT2D eigenvalue weighted by molar-refractivity contribution is 6.62. The number of aryl methyl sites for hydroxylation is 1. The summed E-state index contributed by atoms with van der Waals surface area (Å²) >= 11 is 5.41. The number of carbonyl (C=O) groups excluding carboxylic acids is 1. The minimum atomic E-state index is -0.498. The average molecular weight is 258 g/mol. The summed E-state index contributed by atoms with van der Waals surface area (Å²) in [6.07, 6.45) is 0. The summed E-state index contributed by atoms with van der Waals surface area (Å²) in [6.45, 7) is 2.34. The van der Waals surface area contributed by atoms with Crippen LogP contribution < -0.4 is 9.47 Å². The van der Waals surface area contributed by atoms with Crippen molar-refractivity contribution in [1.29, 1.82) is 0 Å². The van der Waals surface area contributed by atoms with Crippen molar-refractivity contribution in [3.8, 4) is 11.5 Å². The molecule has 0 fully saturated rings. The minimum absolute atomic E-state index is 0.404. The summed E-state index contributed by atoms with van der Waals surface area (Å²) in [6, 6.07) is 3.68. The van der Waals surface area contributed by atoms with Gasteiger partial charge in [-0.1, -0.05) is 0 Å². The molecule has 0 aliphatic carbocycles. The van der Waals surface area contributed by atoms with Gasteiger partial charge in [-0.05, 0) is 30.2 Å². The Balaban J connectivity index is 3.09. The first-order chi connectivity index (χ1) is 7.99. The van der Waals surface area contributed by atoms with E-state index in [4.69, 9.17) is 21.1 Å². The van der Waals surface area contributed by atoms with Crippen molar-refractivity contribution >= 4 is 17.0 Å². The molecule has 0 bridgehead atoms. The van der Waals surface area contributed by atoms with E-state index in [2.05, 4.69) is 0 Å². The van der Waals surface area contributed by atoms with Gasteiger partial charge in [0.15, 0.2) is 0 Å². The van der Waals surface area contributed by atoms with Crippen LogP contribution in [0.2, 0.25) is 0 Å². The van der Waals surface area contributed by atoms with Crippen LogP contribution in [0.3, 0.4) is 0 Å². The molecule has 4 nitrogen and oxygen atoms in total. The van der Waals surface area contributed by atoms with Crippen LogP contribution in [0.15, 0.2) is 12.1 Å². The second kappa shape index (κ2) is 5.77. The molecule has 0 aromatic heterocycles. The van der Waals surface area contributed by atoms with Crippen molar-refractivity contribution < 1.29 is 14.3 Å². The molecular formula is C12H16ClNO3. The molecule has 0 spiro atoms. The van der Waals surface area contributed by atoms with E-state index in [0.717, 1.165) is 16.9 Å². The molecule has 94 valence electrons. The third-order valence-electron chi connectivity index (χ3n) is 2.56. The standard InChI is InChI=1S/C12H16ClNO3/c1-8-5-9(16-3)6-11(17-4)10(8)7-14(2)12(13)15/h5-6H,7H2,1-4H3. The lowest BCUT2D eigenvalue weighted by Gasteiger charge is -2.18. The van der Waals surface area contributed by atoms with Crippen molar-refractivity contribution in [3.05, 3.63) is 23.3 Å². The number of carbonyl (C=O) groups is 1. The van der Waals surface area contributed by atoms with Crippen molar-refractivity contribution in [3.63, 3.8) is 0 Å². The first-order valence-electron chi connectivity index (χ1n) is 5.11. The largest absolute Gasteiger partial charge is 0.497 e. The molecule has 1 rings (SSSR count). The average Bonchev–Trinajstić information content (AvgIpc) is 2.30. The Morgan fingerprint density at radius 3 is 2.47 bits per heavy atom. The van der Waals surface area contributed by atoms with E-state index in [1.165, 1.54) is 4.90 Å². The van der Waals surface area contributed by atoms with E-state index in [1.807, 2.05) is 13.0 Å². The van der Waals surface area contributed by atoms with E-state index >= 15 is 0 Å². The van der Waals surface area contributed by atoms with E-state index < -0.39 is 5.37 Å². The van der Waals surface area contributed by atoms with Crippen LogP contribution >= 0.6 is 11.6 Å². The fraction of sp³-hybridized carbons (Fsp3) is 0.417.